The third-order valence-electron chi connectivity index (χ3n) is 6.50. The van der Waals surface area contributed by atoms with Crippen LogP contribution in [0.25, 0.3) is 65.5 Å². The summed E-state index contributed by atoms with van der Waals surface area (Å²) < 4.78 is 2.20. The Hall–Kier alpha value is -4.45. The van der Waals surface area contributed by atoms with Gasteiger partial charge in [0.25, 0.3) is 0 Å². The number of benzene rings is 4. The standard InChI is InChI=1S/C32H19ClN4S/c33-29-28-25(16-17-34-29)26-19-23(14-15-27(26)38-28)22-12-7-13-24(18-22)32-36-30(20-8-3-1-4-9-20)35-31(37-32)21-10-5-2-6-11-21/h1-19H. The predicted octanol–water partition coefficient (Wildman–Crippen LogP) is 8.96. The zero-order chi connectivity index (χ0) is 25.5. The maximum Gasteiger partial charge on any atom is 0.164 e. The second-order valence-corrected chi connectivity index (χ2v) is 10.3. The molecule has 0 aliphatic rings. The van der Waals surface area contributed by atoms with Gasteiger partial charge < -0.3 is 0 Å². The number of aromatic nitrogens is 4. The predicted molar refractivity (Wildman–Crippen MR) is 157 cm³/mol. The van der Waals surface area contributed by atoms with Crippen molar-refractivity contribution in [3.05, 3.63) is 121 Å². The number of thiophene rings is 1. The third-order valence-corrected chi connectivity index (χ3v) is 8.09. The van der Waals surface area contributed by atoms with Crippen LogP contribution in [0.3, 0.4) is 0 Å². The van der Waals surface area contributed by atoms with Gasteiger partial charge in [-0.3, -0.25) is 0 Å². The first kappa shape index (κ1) is 22.7. The molecule has 0 unspecified atom stereocenters. The van der Waals surface area contributed by atoms with Gasteiger partial charge >= 0.3 is 0 Å². The summed E-state index contributed by atoms with van der Waals surface area (Å²) in [4.78, 5) is 18.8. The number of hydrogen-bond donors (Lipinski definition) is 0. The molecule has 0 amide bonds. The fraction of sp³-hybridized carbons (Fsp3) is 0. The van der Waals surface area contributed by atoms with Crippen LogP contribution in [-0.2, 0) is 0 Å². The van der Waals surface area contributed by atoms with E-state index in [4.69, 9.17) is 26.6 Å². The monoisotopic (exact) mass is 526 g/mol. The summed E-state index contributed by atoms with van der Waals surface area (Å²) in [6.45, 7) is 0. The molecule has 0 saturated carbocycles. The average Bonchev–Trinajstić information content (AvgIpc) is 3.37. The third kappa shape index (κ3) is 4.12. The van der Waals surface area contributed by atoms with Crippen LogP contribution in [0.15, 0.2) is 115 Å². The Balaban J connectivity index is 1.36. The van der Waals surface area contributed by atoms with E-state index < -0.39 is 0 Å². The molecule has 180 valence electrons. The van der Waals surface area contributed by atoms with Gasteiger partial charge in [-0.1, -0.05) is 96.5 Å². The first-order chi connectivity index (χ1) is 18.7. The molecule has 3 heterocycles. The van der Waals surface area contributed by atoms with Crippen LogP contribution >= 0.6 is 22.9 Å². The molecule has 0 fully saturated rings. The van der Waals surface area contributed by atoms with E-state index in [0.717, 1.165) is 37.9 Å². The Morgan fingerprint density at radius 1 is 0.500 bits per heavy atom. The van der Waals surface area contributed by atoms with Crippen LogP contribution in [0.2, 0.25) is 5.15 Å². The van der Waals surface area contributed by atoms with Gasteiger partial charge in [-0.2, -0.15) is 0 Å². The molecule has 0 aliphatic carbocycles. The molecule has 0 aliphatic heterocycles. The molecule has 0 atom stereocenters. The summed E-state index contributed by atoms with van der Waals surface area (Å²) in [5.74, 6) is 1.94. The van der Waals surface area contributed by atoms with Gasteiger partial charge in [0.1, 0.15) is 5.15 Å². The second kappa shape index (κ2) is 9.45. The average molecular weight is 527 g/mol. The molecule has 0 saturated heterocycles. The van der Waals surface area contributed by atoms with Crippen LogP contribution in [0, 0.1) is 0 Å². The van der Waals surface area contributed by atoms with Gasteiger partial charge in [-0.15, -0.1) is 11.3 Å². The van der Waals surface area contributed by atoms with Crippen molar-refractivity contribution < 1.29 is 0 Å². The topological polar surface area (TPSA) is 51.6 Å². The van der Waals surface area contributed by atoms with E-state index in [9.17, 15) is 0 Å². The van der Waals surface area contributed by atoms with E-state index in [2.05, 4.69) is 41.4 Å². The highest BCUT2D eigenvalue weighted by Gasteiger charge is 2.14. The molecule has 3 aromatic heterocycles. The van der Waals surface area contributed by atoms with Crippen molar-refractivity contribution in [2.75, 3.05) is 0 Å². The molecule has 6 heteroatoms. The molecule has 4 nitrogen and oxygen atoms in total. The van der Waals surface area contributed by atoms with Gasteiger partial charge in [0.2, 0.25) is 0 Å². The number of halogens is 1. The fourth-order valence-corrected chi connectivity index (χ4v) is 5.96. The maximum atomic E-state index is 6.37. The van der Waals surface area contributed by atoms with E-state index in [0.29, 0.717) is 22.6 Å². The van der Waals surface area contributed by atoms with Gasteiger partial charge in [-0.05, 0) is 35.4 Å². The number of rotatable bonds is 4. The Labute approximate surface area is 228 Å². The molecule has 7 rings (SSSR count). The lowest BCUT2D eigenvalue weighted by molar-refractivity contribution is 1.07. The maximum absolute atomic E-state index is 6.37. The van der Waals surface area contributed by atoms with Crippen LogP contribution in [0.4, 0.5) is 0 Å². The largest absolute Gasteiger partial charge is 0.243 e. The number of nitrogens with zero attached hydrogens (tertiary/aromatic N) is 4. The van der Waals surface area contributed by atoms with Gasteiger partial charge in [-0.25, -0.2) is 19.9 Å². The van der Waals surface area contributed by atoms with Crippen LogP contribution < -0.4 is 0 Å². The minimum atomic E-state index is 0.547. The minimum absolute atomic E-state index is 0.547. The Bertz CT molecular complexity index is 1880. The summed E-state index contributed by atoms with van der Waals surface area (Å²) in [5, 5.41) is 2.85. The summed E-state index contributed by atoms with van der Waals surface area (Å²) >= 11 is 8.04. The molecule has 0 spiro atoms. The van der Waals surface area contributed by atoms with Crippen molar-refractivity contribution >= 4 is 43.1 Å². The highest BCUT2D eigenvalue weighted by Crippen LogP contribution is 2.39. The second-order valence-electron chi connectivity index (χ2n) is 8.91. The SMILES string of the molecule is Clc1nccc2c1sc1ccc(-c3cccc(-c4nc(-c5ccccc5)nc(-c5ccccc5)n4)c3)cc12. The molecule has 38 heavy (non-hydrogen) atoms. The van der Waals surface area contributed by atoms with Crippen molar-refractivity contribution in [1.82, 2.24) is 19.9 Å². The van der Waals surface area contributed by atoms with Gasteiger partial charge in [0, 0.05) is 38.4 Å². The first-order valence-corrected chi connectivity index (χ1v) is 13.4. The van der Waals surface area contributed by atoms with E-state index in [1.807, 2.05) is 72.8 Å². The molecule has 4 aromatic carbocycles. The molecule has 0 bridgehead atoms. The summed E-state index contributed by atoms with van der Waals surface area (Å²) in [6.07, 6.45) is 1.76. The van der Waals surface area contributed by atoms with Gasteiger partial charge in [0.05, 0.1) is 4.70 Å². The minimum Gasteiger partial charge on any atom is -0.243 e. The number of pyridine rings is 1. The highest BCUT2D eigenvalue weighted by molar-refractivity contribution is 7.26. The zero-order valence-corrected chi connectivity index (χ0v) is 21.6. The Morgan fingerprint density at radius 3 is 1.76 bits per heavy atom. The van der Waals surface area contributed by atoms with Crippen LogP contribution in [-0.4, -0.2) is 19.9 Å². The summed E-state index contributed by atoms with van der Waals surface area (Å²) in [6, 6.07) is 37.0. The lowest BCUT2D eigenvalue weighted by atomic mass is 10.0. The van der Waals surface area contributed by atoms with E-state index in [1.165, 1.54) is 10.1 Å². The zero-order valence-electron chi connectivity index (χ0n) is 20.0. The van der Waals surface area contributed by atoms with Crippen molar-refractivity contribution in [1.29, 1.82) is 0 Å². The fourth-order valence-electron chi connectivity index (χ4n) is 4.63. The van der Waals surface area contributed by atoms with Crippen LogP contribution in [0.1, 0.15) is 0 Å². The quantitative estimate of drug-likeness (QED) is 0.215. The van der Waals surface area contributed by atoms with Crippen molar-refractivity contribution in [2.24, 2.45) is 0 Å². The molecular weight excluding hydrogens is 508 g/mol. The lowest BCUT2D eigenvalue weighted by Crippen LogP contribution is -2.00. The highest BCUT2D eigenvalue weighted by atomic mass is 35.5. The van der Waals surface area contributed by atoms with E-state index in [-0.39, 0.29) is 0 Å². The molecule has 7 aromatic rings. The molecule has 0 radical (unpaired) electrons. The first-order valence-electron chi connectivity index (χ1n) is 12.2. The van der Waals surface area contributed by atoms with Crippen LogP contribution in [0.5, 0.6) is 0 Å². The lowest BCUT2D eigenvalue weighted by Gasteiger charge is -2.10. The van der Waals surface area contributed by atoms with Crippen molar-refractivity contribution in [3.63, 3.8) is 0 Å². The van der Waals surface area contributed by atoms with Gasteiger partial charge in [0.15, 0.2) is 17.5 Å². The Kier molecular flexibility index (Phi) is 5.65. The molecular formula is C32H19ClN4S. The van der Waals surface area contributed by atoms with Crippen molar-refractivity contribution in [3.8, 4) is 45.3 Å². The number of hydrogen-bond acceptors (Lipinski definition) is 5. The van der Waals surface area contributed by atoms with Crippen molar-refractivity contribution in [2.45, 2.75) is 0 Å². The normalized spacial score (nSPS) is 11.3. The summed E-state index contributed by atoms with van der Waals surface area (Å²) in [7, 11) is 0. The number of fused-ring (bicyclic) bond motifs is 3. The van der Waals surface area contributed by atoms with E-state index in [1.54, 1.807) is 17.5 Å². The summed E-state index contributed by atoms with van der Waals surface area (Å²) in [5.41, 5.74) is 5.04. The molecule has 0 N–H and O–H groups in total. The smallest absolute Gasteiger partial charge is 0.164 e. The van der Waals surface area contributed by atoms with E-state index >= 15 is 0 Å². The Morgan fingerprint density at radius 2 is 1.08 bits per heavy atom.